The van der Waals surface area contributed by atoms with Gasteiger partial charge in [-0.25, -0.2) is 9.50 Å². The van der Waals surface area contributed by atoms with E-state index in [2.05, 4.69) is 58.9 Å². The van der Waals surface area contributed by atoms with Crippen LogP contribution in [0, 0.1) is 0 Å². The predicted molar refractivity (Wildman–Crippen MR) is 126 cm³/mol. The maximum atomic E-state index is 6.10. The molecule has 0 saturated heterocycles. The van der Waals surface area contributed by atoms with Crippen molar-refractivity contribution >= 4 is 22.8 Å². The van der Waals surface area contributed by atoms with Gasteiger partial charge in [-0.2, -0.15) is 0 Å². The summed E-state index contributed by atoms with van der Waals surface area (Å²) in [4.78, 5) is 4.93. The molecule has 6 nitrogen and oxygen atoms in total. The largest absolute Gasteiger partial charge is 0.382 e. The quantitative estimate of drug-likeness (QED) is 0.444. The second-order valence-corrected chi connectivity index (χ2v) is 8.52. The number of fused-ring (bicyclic) bond motifs is 1. The molecule has 0 radical (unpaired) electrons. The van der Waals surface area contributed by atoms with Gasteiger partial charge in [0, 0.05) is 23.7 Å². The molecular weight excluding hydrogens is 384 g/mol. The minimum atomic E-state index is 0.322. The molecule has 2 heterocycles. The van der Waals surface area contributed by atoms with Crippen LogP contribution in [0.2, 0.25) is 0 Å². The van der Waals surface area contributed by atoms with E-state index in [0.29, 0.717) is 17.8 Å². The van der Waals surface area contributed by atoms with E-state index in [1.807, 2.05) is 18.3 Å². The topological polar surface area (TPSA) is 94.3 Å². The summed E-state index contributed by atoms with van der Waals surface area (Å²) in [5, 5.41) is 7.96. The summed E-state index contributed by atoms with van der Waals surface area (Å²) in [6, 6.07) is 21.1. The van der Waals surface area contributed by atoms with E-state index < -0.39 is 0 Å². The average Bonchev–Trinajstić information content (AvgIpc) is 3.19. The molecule has 158 valence electrons. The summed E-state index contributed by atoms with van der Waals surface area (Å²) < 4.78 is 1.80. The monoisotopic (exact) mass is 412 g/mol. The van der Waals surface area contributed by atoms with Crippen LogP contribution in [-0.2, 0) is 6.42 Å². The number of imidazole rings is 1. The Morgan fingerprint density at radius 2 is 1.71 bits per heavy atom. The van der Waals surface area contributed by atoms with Gasteiger partial charge >= 0.3 is 0 Å². The van der Waals surface area contributed by atoms with Crippen LogP contribution in [-0.4, -0.2) is 20.6 Å². The minimum Gasteiger partial charge on any atom is -0.382 e. The fourth-order valence-corrected chi connectivity index (χ4v) is 4.46. The molecule has 1 saturated carbocycles. The Morgan fingerprint density at radius 1 is 0.935 bits per heavy atom. The van der Waals surface area contributed by atoms with Gasteiger partial charge in [0.1, 0.15) is 5.82 Å². The summed E-state index contributed by atoms with van der Waals surface area (Å²) in [5.41, 5.74) is 18.5. The number of benzene rings is 2. The Labute approximate surface area is 182 Å². The normalized spacial score (nSPS) is 18.9. The van der Waals surface area contributed by atoms with Crippen LogP contribution in [0.15, 0.2) is 66.9 Å². The highest BCUT2D eigenvalue weighted by Gasteiger charge is 2.23. The number of nitrogens with one attached hydrogen (secondary N) is 1. The van der Waals surface area contributed by atoms with Gasteiger partial charge in [0.15, 0.2) is 5.65 Å². The van der Waals surface area contributed by atoms with Crippen molar-refractivity contribution in [3.63, 3.8) is 0 Å². The van der Waals surface area contributed by atoms with E-state index in [0.717, 1.165) is 54.8 Å². The van der Waals surface area contributed by atoms with Crippen LogP contribution in [0.3, 0.4) is 0 Å². The smallest absolute Gasteiger partial charge is 0.177 e. The first-order valence-electron chi connectivity index (χ1n) is 11.0. The molecule has 2 aromatic heterocycles. The van der Waals surface area contributed by atoms with Gasteiger partial charge in [-0.3, -0.25) is 0 Å². The summed E-state index contributed by atoms with van der Waals surface area (Å²) in [5.74, 6) is 0.898. The molecule has 5 rings (SSSR count). The molecule has 0 spiro atoms. The van der Waals surface area contributed by atoms with Gasteiger partial charge in [0.25, 0.3) is 0 Å². The number of hydrogen-bond donors (Lipinski definition) is 3. The van der Waals surface area contributed by atoms with Gasteiger partial charge < -0.3 is 16.8 Å². The molecule has 31 heavy (non-hydrogen) atoms. The molecule has 4 aromatic rings. The lowest BCUT2D eigenvalue weighted by Crippen LogP contribution is -2.25. The Kier molecular flexibility index (Phi) is 5.30. The molecule has 6 heteroatoms. The number of hydrogen-bond acceptors (Lipinski definition) is 5. The second-order valence-electron chi connectivity index (χ2n) is 8.52. The fourth-order valence-electron chi connectivity index (χ4n) is 4.46. The van der Waals surface area contributed by atoms with Crippen LogP contribution in [0.4, 0.5) is 17.2 Å². The SMILES string of the molecule is Nc1cc(Nc2cccc(Cc3ccccc3)c2)c2nc(C3CCC(N)CC3)cn2n1. The first-order chi connectivity index (χ1) is 15.1. The zero-order chi connectivity index (χ0) is 21.2. The van der Waals surface area contributed by atoms with E-state index >= 15 is 0 Å². The first-order valence-corrected chi connectivity index (χ1v) is 11.0. The van der Waals surface area contributed by atoms with E-state index in [-0.39, 0.29) is 0 Å². The minimum absolute atomic E-state index is 0.322. The lowest BCUT2D eigenvalue weighted by Gasteiger charge is -2.24. The second kappa shape index (κ2) is 8.40. The molecule has 0 atom stereocenters. The Morgan fingerprint density at radius 3 is 2.52 bits per heavy atom. The van der Waals surface area contributed by atoms with E-state index in [4.69, 9.17) is 16.5 Å². The number of nitrogen functional groups attached to an aromatic ring is 1. The molecule has 0 aliphatic heterocycles. The summed E-state index contributed by atoms with van der Waals surface area (Å²) in [7, 11) is 0. The van der Waals surface area contributed by atoms with E-state index in [1.165, 1.54) is 11.1 Å². The van der Waals surface area contributed by atoms with Gasteiger partial charge in [0.2, 0.25) is 0 Å². The third kappa shape index (κ3) is 4.39. The van der Waals surface area contributed by atoms with Crippen molar-refractivity contribution in [3.8, 4) is 0 Å². The predicted octanol–water partition coefficient (Wildman–Crippen LogP) is 4.63. The molecule has 2 aromatic carbocycles. The number of nitrogens with zero attached hydrogens (tertiary/aromatic N) is 3. The van der Waals surface area contributed by atoms with Crippen molar-refractivity contribution in [3.05, 3.63) is 83.7 Å². The maximum Gasteiger partial charge on any atom is 0.177 e. The molecule has 1 fully saturated rings. The lowest BCUT2D eigenvalue weighted by molar-refractivity contribution is 0.391. The Balaban J connectivity index is 1.42. The molecule has 0 unspecified atom stereocenters. The molecular formula is C25H28N6. The summed E-state index contributed by atoms with van der Waals surface area (Å²) in [6.07, 6.45) is 7.16. The molecule has 1 aliphatic carbocycles. The number of nitrogens with two attached hydrogens (primary N) is 2. The van der Waals surface area contributed by atoms with Gasteiger partial charge in [0.05, 0.1) is 17.6 Å². The van der Waals surface area contributed by atoms with Crippen molar-refractivity contribution in [1.29, 1.82) is 0 Å². The average molecular weight is 413 g/mol. The third-order valence-electron chi connectivity index (χ3n) is 6.11. The lowest BCUT2D eigenvalue weighted by atomic mass is 9.85. The van der Waals surface area contributed by atoms with Crippen molar-refractivity contribution in [2.45, 2.75) is 44.1 Å². The standard InChI is InChI=1S/C25H28N6/c26-20-11-9-19(10-12-20)23-16-31-25(29-23)22(15-24(27)30-31)28-21-8-4-7-18(14-21)13-17-5-2-1-3-6-17/h1-8,14-16,19-20,28H,9-13,26H2,(H2,27,30). The van der Waals surface area contributed by atoms with Crippen molar-refractivity contribution in [2.24, 2.45) is 5.73 Å². The molecule has 0 bridgehead atoms. The number of rotatable bonds is 5. The van der Waals surface area contributed by atoms with E-state index in [1.54, 1.807) is 4.52 Å². The van der Waals surface area contributed by atoms with Crippen LogP contribution in [0.5, 0.6) is 0 Å². The van der Waals surface area contributed by atoms with Gasteiger partial charge in [-0.05, 0) is 55.4 Å². The highest BCUT2D eigenvalue weighted by Crippen LogP contribution is 2.33. The third-order valence-corrected chi connectivity index (χ3v) is 6.11. The Hall–Kier alpha value is -3.38. The Bertz CT molecular complexity index is 1180. The zero-order valence-corrected chi connectivity index (χ0v) is 17.5. The van der Waals surface area contributed by atoms with Crippen LogP contribution in [0.1, 0.15) is 48.4 Å². The van der Waals surface area contributed by atoms with Gasteiger partial charge in [-0.15, -0.1) is 5.10 Å². The number of anilines is 3. The number of aromatic nitrogens is 3. The first kappa shape index (κ1) is 19.6. The van der Waals surface area contributed by atoms with Crippen molar-refractivity contribution in [1.82, 2.24) is 14.6 Å². The van der Waals surface area contributed by atoms with Crippen LogP contribution >= 0.6 is 0 Å². The van der Waals surface area contributed by atoms with Crippen LogP contribution < -0.4 is 16.8 Å². The van der Waals surface area contributed by atoms with Gasteiger partial charge in [-0.1, -0.05) is 42.5 Å². The van der Waals surface area contributed by atoms with Crippen LogP contribution in [0.25, 0.3) is 5.65 Å². The van der Waals surface area contributed by atoms with Crippen molar-refractivity contribution in [2.75, 3.05) is 11.1 Å². The fraction of sp³-hybridized carbons (Fsp3) is 0.280. The highest BCUT2D eigenvalue weighted by molar-refractivity contribution is 5.76. The molecule has 5 N–H and O–H groups in total. The maximum absolute atomic E-state index is 6.10. The van der Waals surface area contributed by atoms with Crippen molar-refractivity contribution < 1.29 is 0 Å². The highest BCUT2D eigenvalue weighted by atomic mass is 15.3. The molecule has 0 amide bonds. The summed E-state index contributed by atoms with van der Waals surface area (Å²) >= 11 is 0. The molecule has 1 aliphatic rings. The summed E-state index contributed by atoms with van der Waals surface area (Å²) in [6.45, 7) is 0. The zero-order valence-electron chi connectivity index (χ0n) is 17.5. The van der Waals surface area contributed by atoms with E-state index in [9.17, 15) is 0 Å².